The first-order chi connectivity index (χ1) is 11.9. The van der Waals surface area contributed by atoms with Crippen molar-refractivity contribution in [3.63, 3.8) is 0 Å². The van der Waals surface area contributed by atoms with Crippen LogP contribution in [0.15, 0.2) is 42.5 Å². The van der Waals surface area contributed by atoms with Gasteiger partial charge in [-0.1, -0.05) is 42.0 Å². The van der Waals surface area contributed by atoms with Gasteiger partial charge in [0.2, 0.25) is 0 Å². The van der Waals surface area contributed by atoms with Gasteiger partial charge in [0.25, 0.3) is 0 Å². The van der Waals surface area contributed by atoms with Crippen molar-refractivity contribution in [1.82, 2.24) is 5.32 Å². The molecule has 0 saturated heterocycles. The van der Waals surface area contributed by atoms with Gasteiger partial charge < -0.3 is 15.4 Å². The Labute approximate surface area is 148 Å². The lowest BCUT2D eigenvalue weighted by atomic mass is 10.0. The molecule has 132 valence electrons. The molecule has 2 aromatic rings. The van der Waals surface area contributed by atoms with Gasteiger partial charge in [-0.25, -0.2) is 0 Å². The Morgan fingerprint density at radius 1 is 1.00 bits per heavy atom. The number of anilines is 1. The van der Waals surface area contributed by atoms with E-state index >= 15 is 0 Å². The second-order valence-electron chi connectivity index (χ2n) is 6.06. The number of rotatable bonds is 5. The molecule has 2 aromatic carbocycles. The summed E-state index contributed by atoms with van der Waals surface area (Å²) in [6, 6.07) is 13.4. The van der Waals surface area contributed by atoms with Gasteiger partial charge in [0, 0.05) is 19.3 Å². The van der Waals surface area contributed by atoms with E-state index in [1.807, 2.05) is 57.2 Å². The summed E-state index contributed by atoms with van der Waals surface area (Å²) >= 11 is 0. The van der Waals surface area contributed by atoms with Crippen molar-refractivity contribution in [2.75, 3.05) is 19.0 Å². The maximum Gasteiger partial charge on any atom is 0.313 e. The minimum atomic E-state index is -0.688. The molecule has 2 N–H and O–H groups in total. The molecule has 5 nitrogen and oxygen atoms in total. The van der Waals surface area contributed by atoms with E-state index in [1.54, 1.807) is 13.2 Å². The lowest BCUT2D eigenvalue weighted by Gasteiger charge is -2.18. The third kappa shape index (κ3) is 4.90. The fourth-order valence-electron chi connectivity index (χ4n) is 2.67. The summed E-state index contributed by atoms with van der Waals surface area (Å²) in [5, 5.41) is 5.27. The lowest BCUT2D eigenvalue weighted by molar-refractivity contribution is -0.136. The van der Waals surface area contributed by atoms with Crippen molar-refractivity contribution < 1.29 is 14.3 Å². The van der Waals surface area contributed by atoms with Crippen LogP contribution in [0.4, 0.5) is 5.69 Å². The topological polar surface area (TPSA) is 67.4 Å². The molecular weight excluding hydrogens is 316 g/mol. The zero-order chi connectivity index (χ0) is 18.4. The van der Waals surface area contributed by atoms with E-state index in [0.29, 0.717) is 5.69 Å². The van der Waals surface area contributed by atoms with E-state index in [1.165, 1.54) is 0 Å². The van der Waals surface area contributed by atoms with Crippen molar-refractivity contribution in [3.05, 3.63) is 64.7 Å². The Balaban J connectivity index is 1.96. The van der Waals surface area contributed by atoms with E-state index < -0.39 is 11.8 Å². The van der Waals surface area contributed by atoms with Gasteiger partial charge in [-0.15, -0.1) is 0 Å². The number of hydrogen-bond acceptors (Lipinski definition) is 3. The molecule has 0 fully saturated rings. The molecule has 1 atom stereocenters. The van der Waals surface area contributed by atoms with Gasteiger partial charge in [0.15, 0.2) is 0 Å². The van der Waals surface area contributed by atoms with Gasteiger partial charge >= 0.3 is 11.8 Å². The molecule has 0 heterocycles. The monoisotopic (exact) mass is 340 g/mol. The van der Waals surface area contributed by atoms with Crippen LogP contribution in [0.3, 0.4) is 0 Å². The molecule has 0 radical (unpaired) electrons. The molecule has 0 aromatic heterocycles. The summed E-state index contributed by atoms with van der Waals surface area (Å²) in [5.41, 5.74) is 4.70. The average molecular weight is 340 g/mol. The number of aryl methyl sites for hydroxylation is 3. The van der Waals surface area contributed by atoms with Crippen LogP contribution in [0.1, 0.15) is 28.4 Å². The summed E-state index contributed by atoms with van der Waals surface area (Å²) in [6.07, 6.45) is -0.306. The molecule has 2 amide bonds. The van der Waals surface area contributed by atoms with Gasteiger partial charge in [0.1, 0.15) is 0 Å². The second kappa shape index (κ2) is 8.44. The Morgan fingerprint density at radius 2 is 1.72 bits per heavy atom. The van der Waals surface area contributed by atoms with Crippen LogP contribution in [0.25, 0.3) is 0 Å². The Kier molecular flexibility index (Phi) is 6.31. The fourth-order valence-corrected chi connectivity index (χ4v) is 2.67. The maximum atomic E-state index is 12.1. The highest BCUT2D eigenvalue weighted by molar-refractivity contribution is 6.39. The van der Waals surface area contributed by atoms with Gasteiger partial charge in [-0.2, -0.15) is 0 Å². The van der Waals surface area contributed by atoms with E-state index in [4.69, 9.17) is 4.74 Å². The molecule has 0 bridgehead atoms. The van der Waals surface area contributed by atoms with Crippen molar-refractivity contribution in [2.24, 2.45) is 0 Å². The van der Waals surface area contributed by atoms with Crippen LogP contribution < -0.4 is 10.6 Å². The van der Waals surface area contributed by atoms with Crippen molar-refractivity contribution in [1.29, 1.82) is 0 Å². The highest BCUT2D eigenvalue weighted by atomic mass is 16.5. The molecular formula is C20H24N2O3. The van der Waals surface area contributed by atoms with Crippen LogP contribution in [0.5, 0.6) is 0 Å². The highest BCUT2D eigenvalue weighted by Crippen LogP contribution is 2.19. The number of benzene rings is 2. The molecule has 0 spiro atoms. The number of ether oxygens (including phenoxy) is 1. The average Bonchev–Trinajstić information content (AvgIpc) is 2.59. The van der Waals surface area contributed by atoms with Crippen molar-refractivity contribution in [2.45, 2.75) is 26.9 Å². The third-order valence-electron chi connectivity index (χ3n) is 4.10. The zero-order valence-corrected chi connectivity index (χ0v) is 15.1. The normalized spacial score (nSPS) is 11.7. The number of carbonyl (C=O) groups excluding carboxylic acids is 2. The van der Waals surface area contributed by atoms with Crippen LogP contribution in [-0.4, -0.2) is 25.5 Å². The number of methoxy groups -OCH3 is 1. The lowest BCUT2D eigenvalue weighted by Crippen LogP contribution is -2.38. The molecule has 5 heteroatoms. The van der Waals surface area contributed by atoms with E-state index in [-0.39, 0.29) is 12.6 Å². The summed E-state index contributed by atoms with van der Waals surface area (Å²) in [6.45, 7) is 6.07. The number of carbonyl (C=O) groups is 2. The van der Waals surface area contributed by atoms with Crippen molar-refractivity contribution in [3.8, 4) is 0 Å². The number of amides is 2. The van der Waals surface area contributed by atoms with E-state index in [0.717, 1.165) is 22.3 Å². The zero-order valence-electron chi connectivity index (χ0n) is 15.1. The summed E-state index contributed by atoms with van der Waals surface area (Å²) in [7, 11) is 1.58. The first kappa shape index (κ1) is 18.7. The molecule has 2 rings (SSSR count). The molecule has 1 unspecified atom stereocenters. The Morgan fingerprint density at radius 3 is 2.36 bits per heavy atom. The van der Waals surface area contributed by atoms with Crippen LogP contribution >= 0.6 is 0 Å². The van der Waals surface area contributed by atoms with Gasteiger partial charge in [-0.05, 0) is 43.5 Å². The smallest absolute Gasteiger partial charge is 0.313 e. The van der Waals surface area contributed by atoms with Gasteiger partial charge in [0.05, 0.1) is 6.10 Å². The minimum Gasteiger partial charge on any atom is -0.375 e. The first-order valence-corrected chi connectivity index (χ1v) is 8.17. The molecule has 0 aliphatic heterocycles. The highest BCUT2D eigenvalue weighted by Gasteiger charge is 2.18. The van der Waals surface area contributed by atoms with Crippen molar-refractivity contribution >= 4 is 17.5 Å². The Hall–Kier alpha value is -2.66. The quantitative estimate of drug-likeness (QED) is 0.822. The van der Waals surface area contributed by atoms with Crippen LogP contribution in [0, 0.1) is 20.8 Å². The summed E-state index contributed by atoms with van der Waals surface area (Å²) in [4.78, 5) is 24.2. The maximum absolute atomic E-state index is 12.1. The first-order valence-electron chi connectivity index (χ1n) is 8.17. The van der Waals surface area contributed by atoms with E-state index in [9.17, 15) is 9.59 Å². The molecule has 0 aliphatic rings. The predicted octanol–water partition coefficient (Wildman–Crippen LogP) is 3.05. The summed E-state index contributed by atoms with van der Waals surface area (Å²) in [5.74, 6) is -1.37. The fraction of sp³-hybridized carbons (Fsp3) is 0.300. The molecule has 25 heavy (non-hydrogen) atoms. The minimum absolute atomic E-state index is 0.223. The molecule has 0 aliphatic carbocycles. The third-order valence-corrected chi connectivity index (χ3v) is 4.10. The largest absolute Gasteiger partial charge is 0.375 e. The van der Waals surface area contributed by atoms with Crippen LogP contribution in [0.2, 0.25) is 0 Å². The Bertz CT molecular complexity index is 771. The standard InChI is InChI=1S/C20H24N2O3/c1-13-9-10-17(15(3)11-13)22-20(24)19(23)21-12-18(25-4)16-8-6-5-7-14(16)2/h5-11,18H,12H2,1-4H3,(H,21,23)(H,22,24). The van der Waals surface area contributed by atoms with Crippen LogP contribution in [-0.2, 0) is 14.3 Å². The second-order valence-corrected chi connectivity index (χ2v) is 6.06. The number of hydrogen-bond donors (Lipinski definition) is 2. The van der Waals surface area contributed by atoms with E-state index in [2.05, 4.69) is 10.6 Å². The number of nitrogens with one attached hydrogen (secondary N) is 2. The predicted molar refractivity (Wildman–Crippen MR) is 98.5 cm³/mol. The SMILES string of the molecule is COC(CNC(=O)C(=O)Nc1ccc(C)cc1C)c1ccccc1C. The summed E-state index contributed by atoms with van der Waals surface area (Å²) < 4.78 is 5.45. The molecule has 0 saturated carbocycles. The van der Waals surface area contributed by atoms with Gasteiger partial charge in [-0.3, -0.25) is 9.59 Å².